The molecular formula is C19H35N5. The number of aliphatic imine (C=N–C) groups is 1. The Balaban J connectivity index is 1.53. The fraction of sp³-hybridized carbons (Fsp3) is 0.789. The number of imidazole rings is 1. The van der Waals surface area contributed by atoms with Crippen LogP contribution in [0.3, 0.4) is 0 Å². The summed E-state index contributed by atoms with van der Waals surface area (Å²) in [6.07, 6.45) is 13.1. The molecule has 1 heterocycles. The first-order valence-electron chi connectivity index (χ1n) is 9.61. The number of aromatic nitrogens is 2. The maximum Gasteiger partial charge on any atom is 0.190 e. The summed E-state index contributed by atoms with van der Waals surface area (Å²) < 4.78 is 2.21. The molecule has 2 N–H and O–H groups in total. The molecule has 136 valence electrons. The number of unbranched alkanes of at least 4 members (excludes halogenated alkanes) is 1. The number of hydrogen-bond donors (Lipinski definition) is 2. The summed E-state index contributed by atoms with van der Waals surface area (Å²) in [4.78, 5) is 8.58. The largest absolute Gasteiger partial charge is 0.356 e. The van der Waals surface area contributed by atoms with Gasteiger partial charge in [0.1, 0.15) is 5.82 Å². The van der Waals surface area contributed by atoms with Crippen molar-refractivity contribution in [2.75, 3.05) is 20.1 Å². The predicted octanol–water partition coefficient (Wildman–Crippen LogP) is 3.35. The molecule has 1 aliphatic rings. The molecule has 0 aromatic carbocycles. The van der Waals surface area contributed by atoms with Crippen molar-refractivity contribution in [3.05, 3.63) is 18.2 Å². The predicted molar refractivity (Wildman–Crippen MR) is 101 cm³/mol. The van der Waals surface area contributed by atoms with Crippen LogP contribution < -0.4 is 10.6 Å². The minimum atomic E-state index is 0.901. The van der Waals surface area contributed by atoms with Gasteiger partial charge >= 0.3 is 0 Å². The summed E-state index contributed by atoms with van der Waals surface area (Å²) in [5.41, 5.74) is 0. The fourth-order valence-corrected chi connectivity index (χ4v) is 3.69. The molecule has 1 aliphatic carbocycles. The molecule has 0 amide bonds. The Labute approximate surface area is 147 Å². The Hall–Kier alpha value is -1.52. The normalized spacial score (nSPS) is 21.7. The molecule has 0 aliphatic heterocycles. The lowest BCUT2D eigenvalue weighted by atomic mass is 9.81. The van der Waals surface area contributed by atoms with Gasteiger partial charge in [0, 0.05) is 39.1 Å². The van der Waals surface area contributed by atoms with Crippen LogP contribution >= 0.6 is 0 Å². The van der Waals surface area contributed by atoms with Crippen LogP contribution in [-0.4, -0.2) is 35.6 Å². The molecule has 0 spiro atoms. The van der Waals surface area contributed by atoms with Crippen LogP contribution in [0.2, 0.25) is 0 Å². The van der Waals surface area contributed by atoms with Crippen molar-refractivity contribution in [3.63, 3.8) is 0 Å². The Bertz CT molecular complexity index is 494. The van der Waals surface area contributed by atoms with Gasteiger partial charge in [-0.25, -0.2) is 4.98 Å². The first-order chi connectivity index (χ1) is 11.7. The molecular weight excluding hydrogens is 298 g/mol. The SMILES string of the molecule is CN=C(NCCCCn1ccnc1C)NCCC1CCCC(C)C1. The van der Waals surface area contributed by atoms with E-state index in [4.69, 9.17) is 0 Å². The average Bonchev–Trinajstić information content (AvgIpc) is 2.98. The molecule has 2 rings (SSSR count). The second-order valence-corrected chi connectivity index (χ2v) is 7.23. The summed E-state index contributed by atoms with van der Waals surface area (Å²) in [6, 6.07) is 0. The quantitative estimate of drug-likeness (QED) is 0.436. The van der Waals surface area contributed by atoms with Crippen LogP contribution in [0.1, 0.15) is 57.7 Å². The van der Waals surface area contributed by atoms with E-state index in [2.05, 4.69) is 45.2 Å². The van der Waals surface area contributed by atoms with Crippen molar-refractivity contribution in [3.8, 4) is 0 Å². The van der Waals surface area contributed by atoms with Crippen LogP contribution in [0.4, 0.5) is 0 Å². The summed E-state index contributed by atoms with van der Waals surface area (Å²) in [5.74, 6) is 3.85. The van der Waals surface area contributed by atoms with Gasteiger partial charge in [0.2, 0.25) is 0 Å². The lowest BCUT2D eigenvalue weighted by molar-refractivity contribution is 0.270. The maximum atomic E-state index is 4.33. The van der Waals surface area contributed by atoms with Gasteiger partial charge in [-0.1, -0.05) is 26.2 Å². The van der Waals surface area contributed by atoms with E-state index in [1.165, 1.54) is 32.1 Å². The van der Waals surface area contributed by atoms with E-state index in [0.717, 1.165) is 56.1 Å². The second kappa shape index (κ2) is 10.4. The third kappa shape index (κ3) is 6.54. The molecule has 2 atom stereocenters. The first-order valence-corrected chi connectivity index (χ1v) is 9.61. The summed E-state index contributed by atoms with van der Waals surface area (Å²) in [5, 5.41) is 6.89. The highest BCUT2D eigenvalue weighted by Crippen LogP contribution is 2.30. The Morgan fingerprint density at radius 3 is 2.83 bits per heavy atom. The average molecular weight is 334 g/mol. The number of rotatable bonds is 8. The third-order valence-corrected chi connectivity index (χ3v) is 5.16. The van der Waals surface area contributed by atoms with Crippen molar-refractivity contribution in [1.82, 2.24) is 20.2 Å². The minimum absolute atomic E-state index is 0.901. The highest BCUT2D eigenvalue weighted by molar-refractivity contribution is 5.79. The molecule has 1 saturated carbocycles. The van der Waals surface area contributed by atoms with E-state index >= 15 is 0 Å². The zero-order valence-electron chi connectivity index (χ0n) is 15.7. The van der Waals surface area contributed by atoms with Gasteiger partial charge in [-0.3, -0.25) is 4.99 Å². The maximum absolute atomic E-state index is 4.33. The van der Waals surface area contributed by atoms with Crippen molar-refractivity contribution in [2.24, 2.45) is 16.8 Å². The lowest BCUT2D eigenvalue weighted by Crippen LogP contribution is -2.38. The summed E-state index contributed by atoms with van der Waals surface area (Å²) in [6.45, 7) is 7.49. The van der Waals surface area contributed by atoms with Gasteiger partial charge in [0.05, 0.1) is 0 Å². The van der Waals surface area contributed by atoms with Crippen molar-refractivity contribution >= 4 is 5.96 Å². The second-order valence-electron chi connectivity index (χ2n) is 7.23. The standard InChI is InChI=1S/C19H35N5/c1-16-7-6-8-18(15-16)9-11-23-19(20-3)22-10-4-5-13-24-14-12-21-17(24)2/h12,14,16,18H,4-11,13,15H2,1-3H3,(H2,20,22,23). The Morgan fingerprint density at radius 2 is 2.12 bits per heavy atom. The van der Waals surface area contributed by atoms with Crippen molar-refractivity contribution < 1.29 is 0 Å². The lowest BCUT2D eigenvalue weighted by Gasteiger charge is -2.26. The number of hydrogen-bond acceptors (Lipinski definition) is 2. The molecule has 1 fully saturated rings. The van der Waals surface area contributed by atoms with Crippen LogP contribution in [-0.2, 0) is 6.54 Å². The zero-order chi connectivity index (χ0) is 17.2. The first kappa shape index (κ1) is 18.8. The zero-order valence-corrected chi connectivity index (χ0v) is 15.7. The minimum Gasteiger partial charge on any atom is -0.356 e. The summed E-state index contributed by atoms with van der Waals surface area (Å²) in [7, 11) is 1.85. The number of aryl methyl sites for hydroxylation is 2. The topological polar surface area (TPSA) is 54.2 Å². The van der Waals surface area contributed by atoms with Crippen LogP contribution in [0.15, 0.2) is 17.4 Å². The van der Waals surface area contributed by atoms with E-state index in [1.807, 2.05) is 13.2 Å². The van der Waals surface area contributed by atoms with E-state index in [-0.39, 0.29) is 0 Å². The monoisotopic (exact) mass is 333 g/mol. The molecule has 0 bridgehead atoms. The molecule has 1 aromatic heterocycles. The van der Waals surface area contributed by atoms with Gasteiger partial charge in [-0.2, -0.15) is 0 Å². The summed E-state index contributed by atoms with van der Waals surface area (Å²) >= 11 is 0. The Kier molecular flexibility index (Phi) is 8.13. The van der Waals surface area contributed by atoms with E-state index in [9.17, 15) is 0 Å². The van der Waals surface area contributed by atoms with Gasteiger partial charge in [0.15, 0.2) is 5.96 Å². The van der Waals surface area contributed by atoms with Gasteiger partial charge < -0.3 is 15.2 Å². The van der Waals surface area contributed by atoms with Gasteiger partial charge in [-0.05, 0) is 44.4 Å². The molecule has 5 heteroatoms. The van der Waals surface area contributed by atoms with E-state index < -0.39 is 0 Å². The van der Waals surface area contributed by atoms with Gasteiger partial charge in [0.25, 0.3) is 0 Å². The van der Waals surface area contributed by atoms with Crippen molar-refractivity contribution in [1.29, 1.82) is 0 Å². The van der Waals surface area contributed by atoms with E-state index in [1.54, 1.807) is 0 Å². The Morgan fingerprint density at radius 1 is 1.29 bits per heavy atom. The molecule has 2 unspecified atom stereocenters. The van der Waals surface area contributed by atoms with Crippen LogP contribution in [0.25, 0.3) is 0 Å². The van der Waals surface area contributed by atoms with Crippen LogP contribution in [0.5, 0.6) is 0 Å². The molecule has 24 heavy (non-hydrogen) atoms. The molecule has 1 aromatic rings. The third-order valence-electron chi connectivity index (χ3n) is 5.16. The smallest absolute Gasteiger partial charge is 0.190 e. The highest BCUT2D eigenvalue weighted by Gasteiger charge is 2.18. The fourth-order valence-electron chi connectivity index (χ4n) is 3.69. The number of nitrogens with zero attached hydrogens (tertiary/aromatic N) is 3. The molecule has 0 saturated heterocycles. The highest BCUT2D eigenvalue weighted by atomic mass is 15.2. The molecule has 5 nitrogen and oxygen atoms in total. The van der Waals surface area contributed by atoms with Crippen LogP contribution in [0, 0.1) is 18.8 Å². The molecule has 0 radical (unpaired) electrons. The van der Waals surface area contributed by atoms with Crippen molar-refractivity contribution in [2.45, 2.75) is 65.3 Å². The van der Waals surface area contributed by atoms with Gasteiger partial charge in [-0.15, -0.1) is 0 Å². The number of nitrogens with one attached hydrogen (secondary N) is 2. The number of guanidine groups is 1. The van der Waals surface area contributed by atoms with E-state index in [0.29, 0.717) is 0 Å².